The molecule has 3 aromatic rings. The van der Waals surface area contributed by atoms with Gasteiger partial charge in [-0.15, -0.1) is 5.10 Å². The Bertz CT molecular complexity index is 1830. The lowest BCUT2D eigenvalue weighted by Gasteiger charge is -2.29. The van der Waals surface area contributed by atoms with Gasteiger partial charge >= 0.3 is 6.03 Å². The third-order valence-electron chi connectivity index (χ3n) is 10.2. The molecule has 2 fully saturated rings. The van der Waals surface area contributed by atoms with Crippen LogP contribution < -0.4 is 36.1 Å². The van der Waals surface area contributed by atoms with Crippen LogP contribution in [0.3, 0.4) is 0 Å². The van der Waals surface area contributed by atoms with Gasteiger partial charge in [0.1, 0.15) is 17.2 Å². The van der Waals surface area contributed by atoms with Gasteiger partial charge in [0.15, 0.2) is 13.2 Å². The largest absolute Gasteiger partial charge is 0.484 e. The molecule has 5 amide bonds. The average Bonchev–Trinajstić information content (AvgIpc) is 3.85. The van der Waals surface area contributed by atoms with Crippen LogP contribution in [0.15, 0.2) is 48.7 Å². The van der Waals surface area contributed by atoms with Crippen molar-refractivity contribution in [1.82, 2.24) is 41.6 Å². The monoisotopic (exact) mass is 888 g/mol. The molecule has 1 saturated carbocycles. The second kappa shape index (κ2) is 25.9. The standard InChI is InChI=1S/C42H58Cl2N8O9/c1-29-37(49-42(56)46-29)5-3-2-4-6-39(53)45-17-19-57-21-23-59-24-22-58-20-18-52-26-38(50-51-52)35-25-34(15-16-36(35)44)61-28-41(55)48-32-11-9-31(10-12-32)47-40(54)27-60-33-13-7-30(43)8-14-33/h7-8,13-16,25-26,29,31-32,37H,2-6,9-12,17-24,27-28H2,1H3,(H,45,53)(H,47,54)(H,48,55)(H2,46,49,56)/t29-,31-,32-,37+/m0/s1. The summed E-state index contributed by atoms with van der Waals surface area (Å²) in [6.07, 6.45) is 8.84. The van der Waals surface area contributed by atoms with E-state index in [0.717, 1.165) is 51.4 Å². The number of rotatable bonds is 27. The Hall–Kier alpha value is -4.68. The van der Waals surface area contributed by atoms with Gasteiger partial charge in [0.25, 0.3) is 11.8 Å². The molecule has 19 heteroatoms. The molecule has 1 aliphatic carbocycles. The van der Waals surface area contributed by atoms with Gasteiger partial charge in [-0.2, -0.15) is 0 Å². The molecular formula is C42H58Cl2N8O9. The van der Waals surface area contributed by atoms with Crippen molar-refractivity contribution in [2.24, 2.45) is 0 Å². The molecule has 17 nitrogen and oxygen atoms in total. The zero-order chi connectivity index (χ0) is 43.2. The summed E-state index contributed by atoms with van der Waals surface area (Å²) in [5, 5.41) is 24.2. The van der Waals surface area contributed by atoms with Crippen molar-refractivity contribution < 1.29 is 42.9 Å². The number of benzene rings is 2. The summed E-state index contributed by atoms with van der Waals surface area (Å²) < 4.78 is 29.7. The Morgan fingerprint density at radius 1 is 0.770 bits per heavy atom. The molecule has 0 spiro atoms. The molecule has 2 atom stereocenters. The molecule has 2 aliphatic rings. The third kappa shape index (κ3) is 17.7. The maximum Gasteiger partial charge on any atom is 0.315 e. The molecule has 0 radical (unpaired) electrons. The average molecular weight is 890 g/mol. The maximum atomic E-state index is 12.7. The minimum atomic E-state index is -0.233. The van der Waals surface area contributed by atoms with Crippen LogP contribution in [0, 0.1) is 0 Å². The summed E-state index contributed by atoms with van der Waals surface area (Å²) >= 11 is 12.4. The molecule has 5 rings (SSSR count). The molecule has 2 aromatic carbocycles. The van der Waals surface area contributed by atoms with E-state index in [1.54, 1.807) is 53.3 Å². The first-order chi connectivity index (χ1) is 29.6. The molecule has 2 heterocycles. The molecule has 1 saturated heterocycles. The molecule has 0 bridgehead atoms. The van der Waals surface area contributed by atoms with Crippen LogP contribution >= 0.6 is 23.2 Å². The van der Waals surface area contributed by atoms with Gasteiger partial charge in [0.05, 0.1) is 63.4 Å². The number of ether oxygens (including phenoxy) is 5. The number of nitrogens with zero attached hydrogens (tertiary/aromatic N) is 3. The number of hydrogen-bond acceptors (Lipinski definition) is 11. The predicted octanol–water partition coefficient (Wildman–Crippen LogP) is 4.44. The number of urea groups is 1. The van der Waals surface area contributed by atoms with E-state index in [1.165, 1.54) is 0 Å². The predicted molar refractivity (Wildman–Crippen MR) is 229 cm³/mol. The van der Waals surface area contributed by atoms with Gasteiger partial charge in [-0.05, 0) is 87.9 Å². The SMILES string of the molecule is C[C@@H]1NC(=O)N[C@@H]1CCCCCC(=O)NCCOCCOCCOCCn1cc(-c2cc(OCC(=O)N[C@H]3CC[C@H](NC(=O)COc4ccc(Cl)cc4)CC3)ccc2Cl)nn1. The fourth-order valence-corrected chi connectivity index (χ4v) is 7.25. The van der Waals surface area contributed by atoms with Gasteiger partial charge in [-0.25, -0.2) is 9.48 Å². The topological polar surface area (TPSA) is 205 Å². The van der Waals surface area contributed by atoms with Gasteiger partial charge < -0.3 is 50.3 Å². The van der Waals surface area contributed by atoms with E-state index in [9.17, 15) is 19.2 Å². The zero-order valence-electron chi connectivity index (χ0n) is 34.6. The Morgan fingerprint density at radius 2 is 1.39 bits per heavy atom. The summed E-state index contributed by atoms with van der Waals surface area (Å²) in [7, 11) is 0. The maximum absolute atomic E-state index is 12.7. The molecular weight excluding hydrogens is 831 g/mol. The van der Waals surface area contributed by atoms with Gasteiger partial charge in [-0.1, -0.05) is 41.3 Å². The summed E-state index contributed by atoms with van der Waals surface area (Å²) in [5.74, 6) is 0.635. The van der Waals surface area contributed by atoms with Crippen LogP contribution in [0.1, 0.15) is 64.7 Å². The van der Waals surface area contributed by atoms with E-state index < -0.39 is 0 Å². The van der Waals surface area contributed by atoms with Crippen molar-refractivity contribution in [3.8, 4) is 22.8 Å². The number of halogens is 2. The van der Waals surface area contributed by atoms with Crippen molar-refractivity contribution in [3.63, 3.8) is 0 Å². The highest BCUT2D eigenvalue weighted by Gasteiger charge is 2.27. The van der Waals surface area contributed by atoms with Crippen LogP contribution in [0.4, 0.5) is 4.79 Å². The first-order valence-corrected chi connectivity index (χ1v) is 21.7. The normalized spacial score (nSPS) is 18.5. The second-order valence-corrected chi connectivity index (χ2v) is 15.9. The number of hydrogen-bond donors (Lipinski definition) is 5. The van der Waals surface area contributed by atoms with E-state index in [1.807, 2.05) is 6.92 Å². The van der Waals surface area contributed by atoms with E-state index in [0.29, 0.717) is 92.0 Å². The van der Waals surface area contributed by atoms with Crippen molar-refractivity contribution in [3.05, 3.63) is 58.7 Å². The van der Waals surface area contributed by atoms with Crippen LogP contribution in [0.25, 0.3) is 11.3 Å². The molecule has 334 valence electrons. The highest BCUT2D eigenvalue weighted by molar-refractivity contribution is 6.33. The minimum Gasteiger partial charge on any atom is -0.484 e. The summed E-state index contributed by atoms with van der Waals surface area (Å²) in [6, 6.07) is 12.2. The Labute approximate surface area is 366 Å². The van der Waals surface area contributed by atoms with Crippen LogP contribution in [-0.2, 0) is 35.1 Å². The Morgan fingerprint density at radius 3 is 2.05 bits per heavy atom. The van der Waals surface area contributed by atoms with Crippen molar-refractivity contribution >= 4 is 47.0 Å². The molecule has 1 aliphatic heterocycles. The van der Waals surface area contributed by atoms with Crippen molar-refractivity contribution in [1.29, 1.82) is 0 Å². The number of carbonyl (C=O) groups excluding carboxylic acids is 4. The van der Waals surface area contributed by atoms with Gasteiger partial charge in [0.2, 0.25) is 5.91 Å². The van der Waals surface area contributed by atoms with Crippen molar-refractivity contribution in [2.45, 2.75) is 95.4 Å². The number of carbonyl (C=O) groups is 4. The lowest BCUT2D eigenvalue weighted by Crippen LogP contribution is -2.45. The van der Waals surface area contributed by atoms with Gasteiger partial charge in [0, 0.05) is 41.7 Å². The molecule has 61 heavy (non-hydrogen) atoms. The van der Waals surface area contributed by atoms with E-state index >= 15 is 0 Å². The highest BCUT2D eigenvalue weighted by Crippen LogP contribution is 2.30. The number of amides is 5. The number of aromatic nitrogens is 3. The first kappa shape index (κ1) is 47.4. The lowest BCUT2D eigenvalue weighted by atomic mass is 9.91. The summed E-state index contributed by atoms with van der Waals surface area (Å²) in [5.41, 5.74) is 1.18. The highest BCUT2D eigenvalue weighted by atomic mass is 35.5. The number of nitrogens with one attached hydrogen (secondary N) is 5. The van der Waals surface area contributed by atoms with Crippen LogP contribution in [-0.4, -0.2) is 122 Å². The second-order valence-electron chi connectivity index (χ2n) is 15.0. The quantitative estimate of drug-likeness (QED) is 0.0677. The Kier molecular flexibility index (Phi) is 20.1. The van der Waals surface area contributed by atoms with Gasteiger partial charge in [-0.3, -0.25) is 14.4 Å². The van der Waals surface area contributed by atoms with Crippen molar-refractivity contribution in [2.75, 3.05) is 59.4 Å². The first-order valence-electron chi connectivity index (χ1n) is 21.0. The zero-order valence-corrected chi connectivity index (χ0v) is 36.1. The summed E-state index contributed by atoms with van der Waals surface area (Å²) in [4.78, 5) is 48.5. The van der Waals surface area contributed by atoms with Crippen LogP contribution in [0.5, 0.6) is 11.5 Å². The van der Waals surface area contributed by atoms with Crippen LogP contribution in [0.2, 0.25) is 10.0 Å². The molecule has 1 aromatic heterocycles. The Balaban J connectivity index is 0.849. The minimum absolute atomic E-state index is 0.00450. The smallest absolute Gasteiger partial charge is 0.315 e. The third-order valence-corrected chi connectivity index (χ3v) is 10.8. The fraction of sp³-hybridized carbons (Fsp3) is 0.571. The summed E-state index contributed by atoms with van der Waals surface area (Å²) in [6.45, 7) is 5.14. The van der Waals surface area contributed by atoms with E-state index in [4.69, 9.17) is 46.9 Å². The fourth-order valence-electron chi connectivity index (χ4n) is 6.91. The number of unbranched alkanes of at least 4 members (excludes halogenated alkanes) is 2. The molecule has 0 unspecified atom stereocenters. The van der Waals surface area contributed by atoms with E-state index in [2.05, 4.69) is 36.9 Å². The lowest BCUT2D eigenvalue weighted by molar-refractivity contribution is -0.125. The van der Waals surface area contributed by atoms with E-state index in [-0.39, 0.29) is 61.1 Å². The molecule has 5 N–H and O–H groups in total.